The minimum Gasteiger partial charge on any atom is -0.370 e. The molecule has 3 N–H and O–H groups in total. The summed E-state index contributed by atoms with van der Waals surface area (Å²) in [7, 11) is 1.55. The van der Waals surface area contributed by atoms with Gasteiger partial charge in [-0.15, -0.1) is 0 Å². The van der Waals surface area contributed by atoms with Gasteiger partial charge in [0, 0.05) is 19.4 Å². The number of carbonyl (C=O) groups is 2. The van der Waals surface area contributed by atoms with Gasteiger partial charge in [0.05, 0.1) is 0 Å². The van der Waals surface area contributed by atoms with Crippen molar-refractivity contribution in [2.24, 2.45) is 17.6 Å². The molecule has 4 nitrogen and oxygen atoms in total. The molecule has 0 spiro atoms. The second-order valence-electron chi connectivity index (χ2n) is 3.80. The first-order valence-electron chi connectivity index (χ1n) is 6.47. The predicted molar refractivity (Wildman–Crippen MR) is 78.0 cm³/mol. The molecule has 0 heterocycles. The van der Waals surface area contributed by atoms with Crippen LogP contribution < -0.4 is 11.1 Å². The van der Waals surface area contributed by atoms with Crippen molar-refractivity contribution in [2.45, 2.75) is 48.0 Å². The number of primary amides is 1. The zero-order valence-electron chi connectivity index (χ0n) is 12.9. The van der Waals surface area contributed by atoms with Crippen molar-refractivity contribution in [1.82, 2.24) is 5.32 Å². The van der Waals surface area contributed by atoms with Crippen LogP contribution in [0, 0.1) is 11.8 Å². The number of hydrogen-bond acceptors (Lipinski definition) is 2. The predicted octanol–water partition coefficient (Wildman–Crippen LogP) is 2.49. The molecule has 0 radical (unpaired) electrons. The molecular weight excluding hydrogens is 228 g/mol. The Hall–Kier alpha value is -1.32. The molecule has 0 aromatic carbocycles. The SMILES string of the molecule is C/C=C/C.CC.CNC(=O)C(CC(N)=O)C(C)C. The molecule has 2 amide bonds. The number of nitrogens with one attached hydrogen (secondary N) is 1. The van der Waals surface area contributed by atoms with E-state index in [4.69, 9.17) is 5.73 Å². The highest BCUT2D eigenvalue weighted by atomic mass is 16.2. The van der Waals surface area contributed by atoms with Crippen LogP contribution in [0.3, 0.4) is 0 Å². The molecule has 18 heavy (non-hydrogen) atoms. The normalized spacial score (nSPS) is 10.9. The number of hydrogen-bond donors (Lipinski definition) is 2. The Morgan fingerprint density at radius 3 is 1.72 bits per heavy atom. The molecule has 0 aromatic rings. The van der Waals surface area contributed by atoms with E-state index in [1.54, 1.807) is 7.05 Å². The van der Waals surface area contributed by atoms with Gasteiger partial charge in [0.2, 0.25) is 11.8 Å². The molecule has 0 aliphatic rings. The first kappa shape index (κ1) is 21.9. The summed E-state index contributed by atoms with van der Waals surface area (Å²) >= 11 is 0. The zero-order valence-corrected chi connectivity index (χ0v) is 12.9. The standard InChI is InChI=1S/C8H16N2O2.C4H8.C2H6/c1-5(2)6(4-7(9)11)8(12)10-3;1-3-4-2;1-2/h5-6H,4H2,1-3H3,(H2,9,11)(H,10,12);3-4H,1-2H3;1-2H3/b;4-3+;. The summed E-state index contributed by atoms with van der Waals surface area (Å²) in [5.74, 6) is -0.717. The van der Waals surface area contributed by atoms with Crippen LogP contribution in [0.5, 0.6) is 0 Å². The van der Waals surface area contributed by atoms with E-state index in [0.29, 0.717) is 0 Å². The fourth-order valence-electron chi connectivity index (χ4n) is 1.03. The van der Waals surface area contributed by atoms with E-state index < -0.39 is 5.91 Å². The molecule has 0 aliphatic carbocycles. The van der Waals surface area contributed by atoms with Crippen molar-refractivity contribution in [3.63, 3.8) is 0 Å². The maximum Gasteiger partial charge on any atom is 0.223 e. The molecule has 0 aromatic heterocycles. The van der Waals surface area contributed by atoms with Crippen LogP contribution in [0.2, 0.25) is 0 Å². The van der Waals surface area contributed by atoms with Gasteiger partial charge in [0.1, 0.15) is 0 Å². The zero-order chi connectivity index (χ0) is 15.1. The average Bonchev–Trinajstić information content (AvgIpc) is 2.37. The lowest BCUT2D eigenvalue weighted by Crippen LogP contribution is -2.34. The first-order chi connectivity index (χ1) is 8.40. The average molecular weight is 258 g/mol. The van der Waals surface area contributed by atoms with Gasteiger partial charge in [-0.1, -0.05) is 39.8 Å². The summed E-state index contributed by atoms with van der Waals surface area (Å²) in [5, 5.41) is 2.51. The van der Waals surface area contributed by atoms with Gasteiger partial charge in [0.15, 0.2) is 0 Å². The van der Waals surface area contributed by atoms with Crippen LogP contribution in [0.15, 0.2) is 12.2 Å². The fourth-order valence-corrected chi connectivity index (χ4v) is 1.03. The number of nitrogens with two attached hydrogens (primary N) is 1. The monoisotopic (exact) mass is 258 g/mol. The first-order valence-corrected chi connectivity index (χ1v) is 6.47. The van der Waals surface area contributed by atoms with Gasteiger partial charge < -0.3 is 11.1 Å². The number of allylic oxidation sites excluding steroid dienone is 2. The minimum atomic E-state index is -0.433. The summed E-state index contributed by atoms with van der Waals surface area (Å²) in [6.45, 7) is 11.8. The summed E-state index contributed by atoms with van der Waals surface area (Å²) in [6.07, 6.45) is 4.12. The van der Waals surface area contributed by atoms with Gasteiger partial charge in [-0.05, 0) is 19.8 Å². The molecular formula is C14H30N2O2. The quantitative estimate of drug-likeness (QED) is 0.760. The Bertz CT molecular complexity index is 232. The molecule has 108 valence electrons. The molecule has 1 atom stereocenters. The van der Waals surface area contributed by atoms with Crippen molar-refractivity contribution < 1.29 is 9.59 Å². The molecule has 0 aliphatic heterocycles. The van der Waals surface area contributed by atoms with E-state index in [0.717, 1.165) is 0 Å². The third-order valence-corrected chi connectivity index (χ3v) is 2.14. The van der Waals surface area contributed by atoms with Crippen LogP contribution in [-0.4, -0.2) is 18.9 Å². The third kappa shape index (κ3) is 14.7. The van der Waals surface area contributed by atoms with Crippen molar-refractivity contribution in [3.05, 3.63) is 12.2 Å². The summed E-state index contributed by atoms with van der Waals surface area (Å²) in [4.78, 5) is 21.7. The van der Waals surface area contributed by atoms with Crippen LogP contribution in [0.4, 0.5) is 0 Å². The van der Waals surface area contributed by atoms with Crippen molar-refractivity contribution >= 4 is 11.8 Å². The lowest BCUT2D eigenvalue weighted by Gasteiger charge is -2.16. The van der Waals surface area contributed by atoms with Crippen molar-refractivity contribution in [3.8, 4) is 0 Å². The Kier molecular flexibility index (Phi) is 19.1. The van der Waals surface area contributed by atoms with Crippen LogP contribution in [0.25, 0.3) is 0 Å². The van der Waals surface area contributed by atoms with Crippen LogP contribution in [0.1, 0.15) is 48.0 Å². The lowest BCUT2D eigenvalue weighted by atomic mass is 9.91. The highest BCUT2D eigenvalue weighted by Gasteiger charge is 2.22. The highest BCUT2D eigenvalue weighted by molar-refractivity contribution is 5.85. The number of carbonyl (C=O) groups excluding carboxylic acids is 2. The number of rotatable bonds is 4. The maximum absolute atomic E-state index is 11.2. The molecule has 0 bridgehead atoms. The Morgan fingerprint density at radius 1 is 1.17 bits per heavy atom. The second kappa shape index (κ2) is 15.7. The van der Waals surface area contributed by atoms with E-state index in [1.807, 2.05) is 53.7 Å². The molecule has 0 saturated carbocycles. The molecule has 4 heteroatoms. The molecule has 0 saturated heterocycles. The van der Waals surface area contributed by atoms with E-state index in [2.05, 4.69) is 5.32 Å². The smallest absolute Gasteiger partial charge is 0.223 e. The molecule has 1 unspecified atom stereocenters. The largest absolute Gasteiger partial charge is 0.370 e. The Morgan fingerprint density at radius 2 is 1.56 bits per heavy atom. The third-order valence-electron chi connectivity index (χ3n) is 2.14. The molecule has 0 rings (SSSR count). The Labute approximate surface area is 112 Å². The van der Waals surface area contributed by atoms with Crippen molar-refractivity contribution in [1.29, 1.82) is 0 Å². The van der Waals surface area contributed by atoms with E-state index >= 15 is 0 Å². The topological polar surface area (TPSA) is 72.2 Å². The van der Waals surface area contributed by atoms with Gasteiger partial charge >= 0.3 is 0 Å². The maximum atomic E-state index is 11.2. The highest BCUT2D eigenvalue weighted by Crippen LogP contribution is 2.14. The second-order valence-corrected chi connectivity index (χ2v) is 3.80. The minimum absolute atomic E-state index is 0.121. The van der Waals surface area contributed by atoms with Gasteiger partial charge in [0.25, 0.3) is 0 Å². The van der Waals surface area contributed by atoms with E-state index in [1.165, 1.54) is 0 Å². The summed E-state index contributed by atoms with van der Waals surface area (Å²) in [6, 6.07) is 0. The summed E-state index contributed by atoms with van der Waals surface area (Å²) in [5.41, 5.74) is 5.00. The van der Waals surface area contributed by atoms with Gasteiger partial charge in [-0.3, -0.25) is 9.59 Å². The Balaban J connectivity index is -0.000000317. The van der Waals surface area contributed by atoms with Gasteiger partial charge in [-0.2, -0.15) is 0 Å². The number of amides is 2. The van der Waals surface area contributed by atoms with Gasteiger partial charge in [-0.25, -0.2) is 0 Å². The summed E-state index contributed by atoms with van der Waals surface area (Å²) < 4.78 is 0. The fraction of sp³-hybridized carbons (Fsp3) is 0.714. The van der Waals surface area contributed by atoms with Crippen LogP contribution >= 0.6 is 0 Å². The van der Waals surface area contributed by atoms with E-state index in [-0.39, 0.29) is 24.2 Å². The lowest BCUT2D eigenvalue weighted by molar-refractivity contribution is -0.130. The van der Waals surface area contributed by atoms with Crippen molar-refractivity contribution in [2.75, 3.05) is 7.05 Å². The van der Waals surface area contributed by atoms with E-state index in [9.17, 15) is 9.59 Å². The molecule has 0 fully saturated rings. The van der Waals surface area contributed by atoms with Crippen LogP contribution in [-0.2, 0) is 9.59 Å².